The minimum Gasteiger partial charge on any atom is -0.508 e. The van der Waals surface area contributed by atoms with Crippen LogP contribution in [0.5, 0.6) is 5.75 Å². The van der Waals surface area contributed by atoms with Gasteiger partial charge in [0.2, 0.25) is 23.3 Å². The number of hydrogen-bond donors (Lipinski definition) is 9. The largest absolute Gasteiger partial charge is 0.508 e. The van der Waals surface area contributed by atoms with Gasteiger partial charge in [-0.25, -0.2) is 9.78 Å². The summed E-state index contributed by atoms with van der Waals surface area (Å²) in [6.45, 7) is 12.6. The van der Waals surface area contributed by atoms with Gasteiger partial charge in [-0.3, -0.25) is 43.2 Å². The van der Waals surface area contributed by atoms with E-state index in [0.717, 1.165) is 16.5 Å². The Hall–Kier alpha value is -6.99. The molecule has 2 aliphatic rings. The zero-order chi connectivity index (χ0) is 61.3. The number of benzene rings is 1. The predicted molar refractivity (Wildman–Crippen MR) is 300 cm³/mol. The van der Waals surface area contributed by atoms with Crippen LogP contribution < -0.4 is 26.8 Å². The number of hydrogen-bond acceptors (Lipinski definition) is 19. The summed E-state index contributed by atoms with van der Waals surface area (Å²) in [5, 5.41) is 63.0. The van der Waals surface area contributed by atoms with Crippen LogP contribution in [0.3, 0.4) is 0 Å². The molecule has 3 aromatic rings. The van der Waals surface area contributed by atoms with Crippen molar-refractivity contribution in [3.8, 4) is 17.1 Å². The van der Waals surface area contributed by atoms with Crippen LogP contribution in [0.4, 0.5) is 0 Å². The highest BCUT2D eigenvalue weighted by Crippen LogP contribution is 2.42. The van der Waals surface area contributed by atoms with Gasteiger partial charge >= 0.3 is 11.9 Å². The Kier molecular flexibility index (Phi) is 24.6. The fourth-order valence-corrected chi connectivity index (χ4v) is 10.4. The summed E-state index contributed by atoms with van der Waals surface area (Å²) in [6.07, 6.45) is -7.97. The number of aryl methyl sites for hydroxylation is 1. The topological polar surface area (TPSA) is 365 Å². The van der Waals surface area contributed by atoms with Gasteiger partial charge in [0.15, 0.2) is 17.7 Å². The smallest absolute Gasteiger partial charge is 0.355 e. The third-order valence-corrected chi connectivity index (χ3v) is 15.1. The number of ether oxygens (including phenoxy) is 3. The van der Waals surface area contributed by atoms with Crippen LogP contribution >= 0.6 is 0 Å². The molecule has 0 spiro atoms. The standard InChI is InChI=1S/C59H82N6O18/c1-8-35-36-28-34(67)19-20-41(36)64-49-37(35)31-65-43(49)29-40-38(56(65)79)32-82-57(80)59(40,10-3)83-48(72)18-12-11-13-23-60-47(71)30-42(63-46(70)22-27-81-26-21-33(4)66)44(68)16-14-25-62-55(78)53(76)52(75)51(74)50(73)45(69)17-15-24-61-54(77)39(9-2)58(5,6)7/h19-20,28-29,39,42,50-53,67,73-76H,8-18,21-27,30-32H2,1-7H3,(H,60,71)(H,61,77)(H,62,78)(H,63,70)/t39?,42?,50-,51+,52+,53-,59+/m1/s1. The first-order chi connectivity index (χ1) is 39.3. The van der Waals surface area contributed by atoms with Crippen molar-refractivity contribution >= 4 is 63.8 Å². The van der Waals surface area contributed by atoms with E-state index in [2.05, 4.69) is 21.3 Å². The second-order valence-corrected chi connectivity index (χ2v) is 22.2. The number of aliphatic hydroxyl groups excluding tert-OH is 4. The van der Waals surface area contributed by atoms with E-state index >= 15 is 0 Å². The van der Waals surface area contributed by atoms with Crippen LogP contribution in [0.25, 0.3) is 22.3 Å². The molecule has 24 heteroatoms. The van der Waals surface area contributed by atoms with Crippen molar-refractivity contribution in [2.75, 3.05) is 32.8 Å². The molecule has 24 nitrogen and oxygen atoms in total. The normalized spacial score (nSPS) is 16.6. The molecule has 0 saturated heterocycles. The predicted octanol–water partition coefficient (Wildman–Crippen LogP) is 2.28. The number of ketones is 3. The quantitative estimate of drug-likeness (QED) is 0.0239. The number of carbonyl (C=O) groups excluding carboxylic acids is 9. The average Bonchev–Trinajstić information content (AvgIpc) is 2.19. The fourth-order valence-electron chi connectivity index (χ4n) is 10.4. The Bertz CT molecular complexity index is 2930. The van der Waals surface area contributed by atoms with Gasteiger partial charge in [-0.05, 0) is 87.1 Å². The number of Topliss-reactive ketones (excluding diaryl/α,β-unsaturated/α-hetero) is 3. The Morgan fingerprint density at radius 2 is 1.41 bits per heavy atom. The lowest BCUT2D eigenvalue weighted by Crippen LogP contribution is -2.52. The molecule has 7 atom stereocenters. The molecule has 0 saturated carbocycles. The van der Waals surface area contributed by atoms with E-state index in [1.807, 2.05) is 34.6 Å². The number of pyridine rings is 2. The van der Waals surface area contributed by atoms with Crippen molar-refractivity contribution in [3.63, 3.8) is 0 Å². The van der Waals surface area contributed by atoms with E-state index in [1.54, 1.807) is 29.7 Å². The SMILES string of the molecule is CCc1c2c(nc3ccc(O)cc13)-c1cc3c(c(=O)n1C2)COC(=O)[C@@]3(CC)OC(=O)CCCCCNC(=O)CC(NC(=O)CCOCCC(C)=O)C(=O)CCCNC(=O)[C@H](O)[C@@H](O)[C@@H](O)[C@H](O)C(=O)CCCNC(=O)C(CC)C(C)(C)C. The number of cyclic esters (lactones) is 1. The average molecular weight is 1160 g/mol. The molecule has 456 valence electrons. The minimum atomic E-state index is -2.30. The second-order valence-electron chi connectivity index (χ2n) is 22.2. The van der Waals surface area contributed by atoms with Crippen molar-refractivity contribution in [2.45, 2.75) is 188 Å². The number of phenolic OH excluding ortho intramolecular Hbond substituents is 1. The van der Waals surface area contributed by atoms with Crippen molar-refractivity contribution in [3.05, 3.63) is 56.9 Å². The zero-order valence-corrected chi connectivity index (χ0v) is 48.6. The van der Waals surface area contributed by atoms with Crippen LogP contribution in [-0.2, 0) is 82.5 Å². The molecule has 0 aliphatic carbocycles. The zero-order valence-electron chi connectivity index (χ0n) is 48.6. The third-order valence-electron chi connectivity index (χ3n) is 15.1. The van der Waals surface area contributed by atoms with Crippen LogP contribution in [0.2, 0.25) is 0 Å². The van der Waals surface area contributed by atoms with E-state index in [0.29, 0.717) is 42.6 Å². The number of carbonyl (C=O) groups is 9. The van der Waals surface area contributed by atoms with E-state index < -0.39 is 89.3 Å². The number of aliphatic hydroxyl groups is 4. The third kappa shape index (κ3) is 17.3. The monoisotopic (exact) mass is 1160 g/mol. The fraction of sp³-hybridized carbons (Fsp3) is 0.610. The number of nitrogens with one attached hydrogen (secondary N) is 4. The Balaban J connectivity index is 1.09. The van der Waals surface area contributed by atoms with Gasteiger partial charge in [-0.2, -0.15) is 0 Å². The van der Waals surface area contributed by atoms with E-state index in [1.165, 1.54) is 13.0 Å². The van der Waals surface area contributed by atoms with Crippen LogP contribution in [-0.4, -0.2) is 151 Å². The van der Waals surface area contributed by atoms with E-state index in [9.17, 15) is 73.5 Å². The summed E-state index contributed by atoms with van der Waals surface area (Å²) >= 11 is 0. The number of rotatable bonds is 34. The number of phenols is 1. The molecule has 0 bridgehead atoms. The first-order valence-corrected chi connectivity index (χ1v) is 28.6. The van der Waals surface area contributed by atoms with Gasteiger partial charge in [-0.15, -0.1) is 0 Å². The Morgan fingerprint density at radius 3 is 2.06 bits per heavy atom. The number of aromatic hydroxyl groups is 1. The number of unbranched alkanes of at least 4 members (excludes halogenated alkanes) is 2. The van der Waals surface area contributed by atoms with Gasteiger partial charge in [0.25, 0.3) is 11.5 Å². The lowest BCUT2D eigenvalue weighted by atomic mass is 9.78. The summed E-state index contributed by atoms with van der Waals surface area (Å²) in [7, 11) is 0. The van der Waals surface area contributed by atoms with Gasteiger partial charge in [0, 0.05) is 74.2 Å². The highest BCUT2D eigenvalue weighted by atomic mass is 16.6. The van der Waals surface area contributed by atoms with Gasteiger partial charge in [0.05, 0.1) is 54.7 Å². The number of aromatic nitrogens is 2. The summed E-state index contributed by atoms with van der Waals surface area (Å²) < 4.78 is 18.3. The number of amides is 4. The molecule has 5 rings (SSSR count). The molecular weight excluding hydrogens is 1080 g/mol. The highest BCUT2D eigenvalue weighted by molar-refractivity contribution is 5.94. The van der Waals surface area contributed by atoms with E-state index in [-0.39, 0.29) is 144 Å². The number of nitrogens with zero attached hydrogens (tertiary/aromatic N) is 2. The molecule has 9 N–H and O–H groups in total. The highest BCUT2D eigenvalue weighted by Gasteiger charge is 2.50. The maximum absolute atomic E-state index is 14.1. The van der Waals surface area contributed by atoms with Crippen LogP contribution in [0.1, 0.15) is 154 Å². The van der Waals surface area contributed by atoms with Gasteiger partial charge in [0.1, 0.15) is 36.5 Å². The van der Waals surface area contributed by atoms with Crippen molar-refractivity contribution < 1.29 is 82.9 Å². The van der Waals surface area contributed by atoms with Gasteiger partial charge < -0.3 is 65.6 Å². The summed E-state index contributed by atoms with van der Waals surface area (Å²) in [5.74, 6) is -5.93. The Labute approximate surface area is 481 Å². The lowest BCUT2D eigenvalue weighted by molar-refractivity contribution is -0.189. The Morgan fingerprint density at radius 1 is 0.759 bits per heavy atom. The molecule has 83 heavy (non-hydrogen) atoms. The van der Waals surface area contributed by atoms with Crippen molar-refractivity contribution in [1.29, 1.82) is 0 Å². The first kappa shape index (κ1) is 66.8. The molecule has 2 unspecified atom stereocenters. The lowest BCUT2D eigenvalue weighted by Gasteiger charge is -2.35. The minimum absolute atomic E-state index is 0.0323. The molecule has 2 aliphatic heterocycles. The summed E-state index contributed by atoms with van der Waals surface area (Å²) in [4.78, 5) is 135. The summed E-state index contributed by atoms with van der Waals surface area (Å²) in [5.41, 5.74) is 1.18. The van der Waals surface area contributed by atoms with Crippen LogP contribution in [0.15, 0.2) is 29.1 Å². The maximum atomic E-state index is 14.1. The molecule has 2 aromatic heterocycles. The number of esters is 2. The maximum Gasteiger partial charge on any atom is 0.355 e. The van der Waals surface area contributed by atoms with Crippen molar-refractivity contribution in [2.24, 2.45) is 11.3 Å². The molecule has 1 aromatic carbocycles. The van der Waals surface area contributed by atoms with E-state index in [4.69, 9.17) is 19.2 Å². The van der Waals surface area contributed by atoms with Crippen LogP contribution in [0, 0.1) is 11.3 Å². The second kappa shape index (κ2) is 30.5. The molecule has 4 amide bonds. The molecular formula is C59H82N6O18. The first-order valence-electron chi connectivity index (χ1n) is 28.6. The summed E-state index contributed by atoms with van der Waals surface area (Å²) in [6, 6.07) is 5.22. The van der Waals surface area contributed by atoms with Crippen molar-refractivity contribution in [1.82, 2.24) is 30.8 Å². The van der Waals surface area contributed by atoms with Gasteiger partial charge in [-0.1, -0.05) is 48.0 Å². The number of fused-ring (bicyclic) bond motifs is 5. The molecule has 4 heterocycles. The molecule has 0 fully saturated rings. The molecule has 0 radical (unpaired) electrons.